The third-order valence-corrected chi connectivity index (χ3v) is 3.79. The van der Waals surface area contributed by atoms with Crippen molar-refractivity contribution >= 4 is 5.91 Å². The van der Waals surface area contributed by atoms with Crippen molar-refractivity contribution < 1.29 is 9.90 Å². The van der Waals surface area contributed by atoms with Crippen LogP contribution >= 0.6 is 0 Å². The smallest absolute Gasteiger partial charge is 0.221 e. The number of nitrogens with one attached hydrogen (secondary N) is 1. The lowest BCUT2D eigenvalue weighted by molar-refractivity contribution is -0.123. The van der Waals surface area contributed by atoms with Crippen LogP contribution in [0.25, 0.3) is 0 Å². The normalized spacial score (nSPS) is 22.8. The second-order valence-electron chi connectivity index (χ2n) is 5.73. The molecule has 100 valence electrons. The maximum absolute atomic E-state index is 11.8. The number of carbonyl (C=O) groups excluding carboxylic acids is 1. The fourth-order valence-corrected chi connectivity index (χ4v) is 2.23. The molecule has 0 heterocycles. The van der Waals surface area contributed by atoms with Crippen LogP contribution < -0.4 is 11.1 Å². The Morgan fingerprint density at radius 1 is 1.41 bits per heavy atom. The van der Waals surface area contributed by atoms with Crippen LogP contribution in [0.3, 0.4) is 0 Å². The zero-order chi connectivity index (χ0) is 12.9. The summed E-state index contributed by atoms with van der Waals surface area (Å²) < 4.78 is 0. The standard InChI is InChI=1S/C13H26N2O2/c1-3-12(2,17)10-15-11(16)9-13(14)7-5-4-6-8-13/h17H,3-10,14H2,1-2H3,(H,15,16). The van der Waals surface area contributed by atoms with Gasteiger partial charge in [0.05, 0.1) is 5.60 Å². The topological polar surface area (TPSA) is 75.3 Å². The van der Waals surface area contributed by atoms with Gasteiger partial charge < -0.3 is 16.2 Å². The summed E-state index contributed by atoms with van der Waals surface area (Å²) >= 11 is 0. The number of nitrogens with two attached hydrogens (primary N) is 1. The van der Waals surface area contributed by atoms with Crippen molar-refractivity contribution in [1.29, 1.82) is 0 Å². The molecule has 0 aromatic heterocycles. The van der Waals surface area contributed by atoms with Gasteiger partial charge in [-0.15, -0.1) is 0 Å². The SMILES string of the molecule is CCC(C)(O)CNC(=O)CC1(N)CCCCC1. The van der Waals surface area contributed by atoms with E-state index in [0.29, 0.717) is 19.4 Å². The predicted molar refractivity (Wildman–Crippen MR) is 68.5 cm³/mol. The number of carbonyl (C=O) groups is 1. The third kappa shape index (κ3) is 5.04. The molecule has 1 fully saturated rings. The van der Waals surface area contributed by atoms with Crippen molar-refractivity contribution in [3.8, 4) is 0 Å². The molecule has 0 aromatic carbocycles. The fraction of sp³-hybridized carbons (Fsp3) is 0.923. The maximum atomic E-state index is 11.8. The molecule has 1 unspecified atom stereocenters. The molecule has 1 amide bonds. The van der Waals surface area contributed by atoms with E-state index in [9.17, 15) is 9.90 Å². The van der Waals surface area contributed by atoms with Gasteiger partial charge in [-0.25, -0.2) is 0 Å². The molecule has 0 radical (unpaired) electrons. The molecule has 1 atom stereocenters. The average molecular weight is 242 g/mol. The molecule has 0 spiro atoms. The van der Waals surface area contributed by atoms with Gasteiger partial charge in [-0.3, -0.25) is 4.79 Å². The maximum Gasteiger partial charge on any atom is 0.221 e. The van der Waals surface area contributed by atoms with Gasteiger partial charge in [-0.2, -0.15) is 0 Å². The van der Waals surface area contributed by atoms with Gasteiger partial charge >= 0.3 is 0 Å². The largest absolute Gasteiger partial charge is 0.388 e. The van der Waals surface area contributed by atoms with Gasteiger partial charge in [0.1, 0.15) is 0 Å². The number of aliphatic hydroxyl groups is 1. The minimum Gasteiger partial charge on any atom is -0.388 e. The number of hydrogen-bond donors (Lipinski definition) is 3. The summed E-state index contributed by atoms with van der Waals surface area (Å²) in [5.41, 5.74) is 5.07. The van der Waals surface area contributed by atoms with Crippen LogP contribution in [0.1, 0.15) is 58.8 Å². The highest BCUT2D eigenvalue weighted by Crippen LogP contribution is 2.28. The molecule has 17 heavy (non-hydrogen) atoms. The molecule has 4 nitrogen and oxygen atoms in total. The van der Waals surface area contributed by atoms with E-state index in [4.69, 9.17) is 5.73 Å². The number of amides is 1. The summed E-state index contributed by atoms with van der Waals surface area (Å²) in [5, 5.41) is 12.6. The van der Waals surface area contributed by atoms with Crippen LogP contribution in [0.15, 0.2) is 0 Å². The Bertz CT molecular complexity index is 258. The van der Waals surface area contributed by atoms with Gasteiger partial charge in [0.25, 0.3) is 0 Å². The lowest BCUT2D eigenvalue weighted by Crippen LogP contribution is -2.48. The highest BCUT2D eigenvalue weighted by molar-refractivity contribution is 5.77. The van der Waals surface area contributed by atoms with Crippen molar-refractivity contribution in [2.24, 2.45) is 5.73 Å². The quantitative estimate of drug-likeness (QED) is 0.680. The summed E-state index contributed by atoms with van der Waals surface area (Å²) in [6.45, 7) is 3.93. The first-order valence-electron chi connectivity index (χ1n) is 6.65. The first-order valence-corrected chi connectivity index (χ1v) is 6.65. The van der Waals surface area contributed by atoms with Gasteiger partial charge in [0.15, 0.2) is 0 Å². The second kappa shape index (κ2) is 5.83. The Labute approximate surface area is 104 Å². The number of rotatable bonds is 5. The van der Waals surface area contributed by atoms with Crippen LogP contribution in [0.2, 0.25) is 0 Å². The zero-order valence-electron chi connectivity index (χ0n) is 11.1. The van der Waals surface area contributed by atoms with E-state index in [1.165, 1.54) is 6.42 Å². The van der Waals surface area contributed by atoms with Gasteiger partial charge in [0, 0.05) is 18.5 Å². The average Bonchev–Trinajstić information content (AvgIpc) is 2.27. The van der Waals surface area contributed by atoms with Crippen molar-refractivity contribution in [3.63, 3.8) is 0 Å². The molecule has 4 N–H and O–H groups in total. The van der Waals surface area contributed by atoms with Crippen LogP contribution in [0.4, 0.5) is 0 Å². The van der Waals surface area contributed by atoms with E-state index >= 15 is 0 Å². The summed E-state index contributed by atoms with van der Waals surface area (Å²) in [4.78, 5) is 11.8. The first kappa shape index (κ1) is 14.5. The summed E-state index contributed by atoms with van der Waals surface area (Å²) in [5.74, 6) is -0.0388. The van der Waals surface area contributed by atoms with E-state index in [2.05, 4.69) is 5.32 Å². The van der Waals surface area contributed by atoms with E-state index < -0.39 is 5.60 Å². The molecule has 1 aliphatic rings. The molecule has 0 aromatic rings. The summed E-state index contributed by atoms with van der Waals surface area (Å²) in [6, 6.07) is 0. The predicted octanol–water partition coefficient (Wildman–Crippen LogP) is 1.32. The van der Waals surface area contributed by atoms with Crippen LogP contribution in [0, 0.1) is 0 Å². The summed E-state index contributed by atoms with van der Waals surface area (Å²) in [6.07, 6.45) is 6.35. The van der Waals surface area contributed by atoms with E-state index in [-0.39, 0.29) is 11.4 Å². The van der Waals surface area contributed by atoms with Crippen molar-refractivity contribution in [2.75, 3.05) is 6.54 Å². The fourth-order valence-electron chi connectivity index (χ4n) is 2.23. The van der Waals surface area contributed by atoms with E-state index in [1.807, 2.05) is 6.92 Å². The van der Waals surface area contributed by atoms with Crippen LogP contribution in [-0.4, -0.2) is 28.7 Å². The lowest BCUT2D eigenvalue weighted by atomic mass is 9.80. The molecular weight excluding hydrogens is 216 g/mol. The van der Waals surface area contributed by atoms with Crippen molar-refractivity contribution in [3.05, 3.63) is 0 Å². The van der Waals surface area contributed by atoms with Crippen molar-refractivity contribution in [2.45, 2.75) is 69.9 Å². The lowest BCUT2D eigenvalue weighted by Gasteiger charge is -2.33. The first-order chi connectivity index (χ1) is 7.87. The Morgan fingerprint density at radius 3 is 2.53 bits per heavy atom. The highest BCUT2D eigenvalue weighted by atomic mass is 16.3. The third-order valence-electron chi connectivity index (χ3n) is 3.79. The Kier molecular flexibility index (Phi) is 4.95. The molecule has 0 saturated heterocycles. The van der Waals surface area contributed by atoms with Crippen LogP contribution in [0.5, 0.6) is 0 Å². The monoisotopic (exact) mass is 242 g/mol. The second-order valence-corrected chi connectivity index (χ2v) is 5.73. The van der Waals surface area contributed by atoms with Crippen LogP contribution in [-0.2, 0) is 4.79 Å². The summed E-state index contributed by atoms with van der Waals surface area (Å²) in [7, 11) is 0. The Morgan fingerprint density at radius 2 is 2.00 bits per heavy atom. The van der Waals surface area contributed by atoms with Gasteiger partial charge in [0.2, 0.25) is 5.91 Å². The van der Waals surface area contributed by atoms with E-state index in [0.717, 1.165) is 25.7 Å². The molecule has 4 heteroatoms. The zero-order valence-corrected chi connectivity index (χ0v) is 11.1. The van der Waals surface area contributed by atoms with Gasteiger partial charge in [-0.1, -0.05) is 26.2 Å². The molecule has 0 bridgehead atoms. The van der Waals surface area contributed by atoms with Crippen molar-refractivity contribution in [1.82, 2.24) is 5.32 Å². The number of hydrogen-bond acceptors (Lipinski definition) is 3. The molecule has 1 rings (SSSR count). The molecule has 1 saturated carbocycles. The Balaban J connectivity index is 2.33. The van der Waals surface area contributed by atoms with E-state index in [1.54, 1.807) is 6.92 Å². The van der Waals surface area contributed by atoms with Gasteiger partial charge in [-0.05, 0) is 26.2 Å². The molecular formula is C13H26N2O2. The highest BCUT2D eigenvalue weighted by Gasteiger charge is 2.30. The Hall–Kier alpha value is -0.610. The molecule has 0 aliphatic heterocycles. The minimum absolute atomic E-state index is 0.0388. The minimum atomic E-state index is -0.815. The molecule has 1 aliphatic carbocycles.